The third-order valence-corrected chi connectivity index (χ3v) is 15.1. The van der Waals surface area contributed by atoms with E-state index in [-0.39, 0.29) is 54.5 Å². The van der Waals surface area contributed by atoms with Crippen molar-refractivity contribution in [3.8, 4) is 38.8 Å². The number of aliphatic hydroxyl groups excluding tert-OH is 1. The fourth-order valence-electron chi connectivity index (χ4n) is 9.82. The Hall–Kier alpha value is -6.83. The highest BCUT2D eigenvalue weighted by atomic mass is 32.1. The maximum absolute atomic E-state index is 14.8. The number of piperazine rings is 1. The Kier molecular flexibility index (Phi) is 18.2. The first kappa shape index (κ1) is 54.4. The van der Waals surface area contributed by atoms with E-state index < -0.39 is 29.4 Å². The molecule has 2 fully saturated rings. The minimum atomic E-state index is -0.860. The molecule has 2 aliphatic rings. The summed E-state index contributed by atoms with van der Waals surface area (Å²) in [5.41, 5.74) is 8.14. The number of rotatable bonds is 22. The summed E-state index contributed by atoms with van der Waals surface area (Å²) in [5, 5.41) is 27.1. The number of aryl methyl sites for hydroxylation is 1. The number of nitrogens with zero attached hydrogens (tertiary/aromatic N) is 7. The van der Waals surface area contributed by atoms with Crippen LogP contribution in [0.15, 0.2) is 78.4 Å². The number of nitrogens with one attached hydrogen (secondary N) is 4. The molecule has 5 N–H and O–H groups in total. The number of benzene rings is 3. The molecule has 3 atom stereocenters. The van der Waals surface area contributed by atoms with Crippen molar-refractivity contribution in [2.24, 2.45) is 5.41 Å². The second-order valence-electron chi connectivity index (χ2n) is 20.7. The molecular weight excluding hydrogens is 974 g/mol. The molecule has 3 aromatic carbocycles. The third kappa shape index (κ3) is 13.9. The molecule has 19 heteroatoms. The zero-order valence-corrected chi connectivity index (χ0v) is 44.5. The Bertz CT molecular complexity index is 2900. The molecule has 3 aromatic heterocycles. The molecule has 6 aromatic rings. The molecule has 0 unspecified atom stereocenters. The molecule has 4 amide bonds. The molecule has 398 valence electrons. The number of amides is 4. The summed E-state index contributed by atoms with van der Waals surface area (Å²) in [5.74, 6) is -0.782. The van der Waals surface area contributed by atoms with Crippen molar-refractivity contribution in [1.82, 2.24) is 50.9 Å². The molecule has 0 spiro atoms. The first-order chi connectivity index (χ1) is 36.2. The summed E-state index contributed by atoms with van der Waals surface area (Å²) < 4.78 is 20.2. The Morgan fingerprint density at radius 1 is 0.880 bits per heavy atom. The van der Waals surface area contributed by atoms with Gasteiger partial charge in [-0.1, -0.05) is 95.3 Å². The monoisotopic (exact) mass is 1040 g/mol. The first-order valence-corrected chi connectivity index (χ1v) is 27.0. The molecule has 75 heavy (non-hydrogen) atoms. The molecule has 0 aliphatic carbocycles. The topological polar surface area (TPSA) is 211 Å². The number of fused-ring (bicyclic) bond motifs is 1. The quantitative estimate of drug-likeness (QED) is 0.0421. The van der Waals surface area contributed by atoms with Crippen molar-refractivity contribution in [3.05, 3.63) is 95.5 Å². The van der Waals surface area contributed by atoms with E-state index in [9.17, 15) is 28.7 Å². The molecular formula is C56H70FN11O6S. The van der Waals surface area contributed by atoms with E-state index in [1.807, 2.05) is 69.6 Å². The molecule has 0 bridgehead atoms. The summed E-state index contributed by atoms with van der Waals surface area (Å²) in [7, 11) is 1.48. The molecule has 2 saturated heterocycles. The van der Waals surface area contributed by atoms with E-state index in [2.05, 4.69) is 63.0 Å². The van der Waals surface area contributed by atoms with Crippen LogP contribution in [-0.2, 0) is 25.7 Å². The van der Waals surface area contributed by atoms with Gasteiger partial charge in [-0.2, -0.15) is 5.10 Å². The van der Waals surface area contributed by atoms with Gasteiger partial charge in [0.15, 0.2) is 5.82 Å². The Balaban J connectivity index is 0.680. The van der Waals surface area contributed by atoms with Gasteiger partial charge < -0.3 is 35.6 Å². The van der Waals surface area contributed by atoms with E-state index >= 15 is 0 Å². The fraction of sp³-hybridized carbons (Fsp3) is 0.464. The lowest BCUT2D eigenvalue weighted by Gasteiger charge is -2.35. The number of anilines is 1. The van der Waals surface area contributed by atoms with Gasteiger partial charge in [0.1, 0.15) is 40.4 Å². The predicted octanol–water partition coefficient (Wildman–Crippen LogP) is 7.43. The van der Waals surface area contributed by atoms with Crippen molar-refractivity contribution < 1.29 is 33.4 Å². The minimum Gasteiger partial charge on any atom is -0.496 e. The third-order valence-electron chi connectivity index (χ3n) is 14.1. The smallest absolute Gasteiger partial charge is 0.246 e. The number of carbonyl (C=O) groups excluding carboxylic acids is 4. The second-order valence-corrected chi connectivity index (χ2v) is 21.5. The Morgan fingerprint density at radius 2 is 1.59 bits per heavy atom. The van der Waals surface area contributed by atoms with Gasteiger partial charge in [-0.25, -0.2) is 19.3 Å². The van der Waals surface area contributed by atoms with Crippen molar-refractivity contribution in [2.75, 3.05) is 57.8 Å². The van der Waals surface area contributed by atoms with Gasteiger partial charge in [0.2, 0.25) is 23.6 Å². The largest absolute Gasteiger partial charge is 0.496 e. The summed E-state index contributed by atoms with van der Waals surface area (Å²) in [6.07, 6.45) is 7.75. The highest BCUT2D eigenvalue weighted by molar-refractivity contribution is 7.13. The number of hydrogen-bond acceptors (Lipinski definition) is 13. The van der Waals surface area contributed by atoms with Gasteiger partial charge in [-0.3, -0.25) is 29.2 Å². The van der Waals surface area contributed by atoms with Crippen molar-refractivity contribution in [3.63, 3.8) is 0 Å². The normalized spacial score (nSPS) is 16.5. The van der Waals surface area contributed by atoms with Gasteiger partial charge >= 0.3 is 0 Å². The highest BCUT2D eigenvalue weighted by Crippen LogP contribution is 2.34. The van der Waals surface area contributed by atoms with Gasteiger partial charge in [0, 0.05) is 69.9 Å². The molecule has 2 aliphatic heterocycles. The summed E-state index contributed by atoms with van der Waals surface area (Å²) >= 11 is 1.58. The number of hydrogen-bond donors (Lipinski definition) is 5. The SMILES string of the molecule is COc1cccc(F)c1-c1ncc2[nH]nc(-c3ccc(N4CCN(CC(=O)NCCCCCCCCCC(=O)N[C@H](C(=O)N5C[C@H](O)C[C@H]5C(=O)NCc5ccc(-c6scnc6C)cc5)C(C)(C)C)CC4)cc3)c2n1. The number of thiazole rings is 1. The number of carbonyl (C=O) groups is 4. The molecule has 5 heterocycles. The molecule has 0 saturated carbocycles. The van der Waals surface area contributed by atoms with Gasteiger partial charge in [-0.15, -0.1) is 11.3 Å². The number of aromatic amines is 1. The number of ether oxygens (including phenoxy) is 1. The van der Waals surface area contributed by atoms with Crippen LogP contribution in [-0.4, -0.2) is 135 Å². The van der Waals surface area contributed by atoms with Crippen LogP contribution >= 0.6 is 11.3 Å². The van der Waals surface area contributed by atoms with Crippen molar-refractivity contribution in [2.45, 2.75) is 110 Å². The van der Waals surface area contributed by atoms with Gasteiger partial charge in [-0.05, 0) is 60.6 Å². The van der Waals surface area contributed by atoms with Gasteiger partial charge in [0.25, 0.3) is 0 Å². The van der Waals surface area contributed by atoms with Crippen molar-refractivity contribution >= 4 is 51.7 Å². The maximum Gasteiger partial charge on any atom is 0.246 e. The van der Waals surface area contributed by atoms with Crippen LogP contribution in [0.5, 0.6) is 5.75 Å². The Labute approximate surface area is 442 Å². The predicted molar refractivity (Wildman–Crippen MR) is 289 cm³/mol. The number of unbranched alkanes of at least 4 members (excludes halogenated alkanes) is 6. The van der Waals surface area contributed by atoms with Crippen LogP contribution in [0.4, 0.5) is 10.1 Å². The van der Waals surface area contributed by atoms with E-state index in [4.69, 9.17) is 4.74 Å². The number of aromatic nitrogens is 5. The van der Waals surface area contributed by atoms with Crippen molar-refractivity contribution in [1.29, 1.82) is 0 Å². The number of aliphatic hydroxyl groups is 1. The number of β-amino-alcohol motifs (C(OH)–C–C–N with tert-alkyl or cyclic N) is 1. The second kappa shape index (κ2) is 25.1. The summed E-state index contributed by atoms with van der Waals surface area (Å²) in [4.78, 5) is 73.9. The molecule has 17 nitrogen and oxygen atoms in total. The first-order valence-electron chi connectivity index (χ1n) is 26.1. The maximum atomic E-state index is 14.8. The van der Waals surface area contributed by atoms with E-state index in [0.29, 0.717) is 48.4 Å². The zero-order chi connectivity index (χ0) is 53.1. The number of halogens is 1. The molecule has 0 radical (unpaired) electrons. The summed E-state index contributed by atoms with van der Waals surface area (Å²) in [6.45, 7) is 12.1. The van der Waals surface area contributed by atoms with Crippen LogP contribution in [0.3, 0.4) is 0 Å². The zero-order valence-electron chi connectivity index (χ0n) is 43.7. The fourth-order valence-corrected chi connectivity index (χ4v) is 10.6. The van der Waals surface area contributed by atoms with E-state index in [1.165, 1.54) is 18.1 Å². The highest BCUT2D eigenvalue weighted by Gasteiger charge is 2.44. The van der Waals surface area contributed by atoms with Crippen LogP contribution in [0.1, 0.15) is 89.8 Å². The minimum absolute atomic E-state index is 0.0260. The average molecular weight is 1040 g/mol. The number of methoxy groups -OCH3 is 1. The van der Waals surface area contributed by atoms with E-state index in [0.717, 1.165) is 97.7 Å². The average Bonchev–Trinajstić information content (AvgIpc) is 4.15. The lowest BCUT2D eigenvalue weighted by Crippen LogP contribution is -2.57. The standard InChI is InChI=1S/C56H70FN11O6S/c1-36-51(75-35-61-36)39-19-17-37(18-20-39)31-60-54(72)44-30-41(69)33-68(44)55(73)52(56(2,3)4)62-46(70)16-11-9-7-6-8-10-12-25-58-47(71)34-66-26-28-67(29-27-66)40-23-21-38(22-24-40)49-50-43(64-65-49)32-59-53(63-50)48-42(57)14-13-15-45(48)74-5/h13-15,17-24,32,35,41,44,52,69H,6-12,16,25-31,33-34H2,1-5H3,(H,58,71)(H,60,72)(H,62,70)(H,64,65)/t41-,44+,52-/m1/s1. The van der Waals surface area contributed by atoms with Gasteiger partial charge in [0.05, 0.1) is 47.6 Å². The van der Waals surface area contributed by atoms with Crippen LogP contribution < -0.4 is 25.6 Å². The van der Waals surface area contributed by atoms with Crippen LogP contribution in [0.2, 0.25) is 0 Å². The number of H-pyrrole nitrogens is 1. The lowest BCUT2D eigenvalue weighted by molar-refractivity contribution is -0.144. The van der Waals surface area contributed by atoms with Crippen LogP contribution in [0, 0.1) is 18.2 Å². The Morgan fingerprint density at radius 3 is 2.28 bits per heavy atom. The number of likely N-dealkylation sites (tertiary alicyclic amines) is 1. The summed E-state index contributed by atoms with van der Waals surface area (Å²) in [6, 6.07) is 19.0. The van der Waals surface area contributed by atoms with Crippen LogP contribution in [0.25, 0.3) is 44.1 Å². The molecule has 8 rings (SSSR count). The lowest BCUT2D eigenvalue weighted by atomic mass is 9.85. The van der Waals surface area contributed by atoms with E-state index in [1.54, 1.807) is 29.7 Å².